The molecule has 0 bridgehead atoms. The van der Waals surface area contributed by atoms with Gasteiger partial charge in [-0.15, -0.1) is 0 Å². The molecule has 2 rings (SSSR count). The quantitative estimate of drug-likeness (QED) is 0.890. The maximum absolute atomic E-state index is 13.5. The van der Waals surface area contributed by atoms with Crippen LogP contribution >= 0.6 is 0 Å². The molecule has 5 heteroatoms. The molecule has 4 nitrogen and oxygen atoms in total. The zero-order valence-corrected chi connectivity index (χ0v) is 11.2. The molecule has 0 spiro atoms. The van der Waals surface area contributed by atoms with Crippen molar-refractivity contribution >= 4 is 5.69 Å². The van der Waals surface area contributed by atoms with E-state index in [4.69, 9.17) is 5.26 Å². The number of anilines is 1. The van der Waals surface area contributed by atoms with Gasteiger partial charge in [0.2, 0.25) is 0 Å². The average Bonchev–Trinajstić information content (AvgIpc) is 2.68. The molecule has 1 aromatic carbocycles. The largest absolute Gasteiger partial charge is 0.391 e. The molecular formula is C14H18FN3O. The number of nitrogens with zero attached hydrogens (tertiary/aromatic N) is 3. The maximum atomic E-state index is 13.5. The van der Waals surface area contributed by atoms with E-state index in [1.54, 1.807) is 6.07 Å². The number of nitriles is 1. The number of rotatable bonds is 3. The van der Waals surface area contributed by atoms with E-state index in [2.05, 4.69) is 0 Å². The van der Waals surface area contributed by atoms with E-state index in [0.29, 0.717) is 24.2 Å². The van der Waals surface area contributed by atoms with Gasteiger partial charge in [-0.1, -0.05) is 0 Å². The molecule has 0 radical (unpaired) electrons. The van der Waals surface area contributed by atoms with E-state index in [0.717, 1.165) is 6.54 Å². The highest BCUT2D eigenvalue weighted by Gasteiger charge is 2.31. The summed E-state index contributed by atoms with van der Waals surface area (Å²) in [6.07, 6.45) is 0.259. The Morgan fingerprint density at radius 1 is 1.47 bits per heavy atom. The van der Waals surface area contributed by atoms with Gasteiger partial charge in [0, 0.05) is 24.8 Å². The fraction of sp³-hybridized carbons (Fsp3) is 0.500. The number of aliphatic hydroxyl groups is 1. The molecule has 0 aromatic heterocycles. The third-order valence-electron chi connectivity index (χ3n) is 3.31. The van der Waals surface area contributed by atoms with Crippen LogP contribution in [0.3, 0.4) is 0 Å². The minimum absolute atomic E-state index is 0.137. The number of halogens is 1. The van der Waals surface area contributed by atoms with Crippen LogP contribution in [-0.2, 0) is 0 Å². The summed E-state index contributed by atoms with van der Waals surface area (Å²) in [7, 11) is 3.93. The molecule has 102 valence electrons. The summed E-state index contributed by atoms with van der Waals surface area (Å²) in [6, 6.07) is 6.40. The van der Waals surface area contributed by atoms with Crippen LogP contribution in [0.2, 0.25) is 0 Å². The Bertz CT molecular complexity index is 498. The SMILES string of the molecule is CN(C)CC1CC(O)CN1c1cc(F)cc(C#N)c1. The predicted octanol–water partition coefficient (Wildman–Crippen LogP) is 1.20. The number of hydrogen-bond acceptors (Lipinski definition) is 4. The van der Waals surface area contributed by atoms with E-state index in [1.165, 1.54) is 12.1 Å². The van der Waals surface area contributed by atoms with Crippen LogP contribution in [0, 0.1) is 17.1 Å². The van der Waals surface area contributed by atoms with Crippen LogP contribution in [0.15, 0.2) is 18.2 Å². The number of hydrogen-bond donors (Lipinski definition) is 1. The van der Waals surface area contributed by atoms with Crippen LogP contribution < -0.4 is 4.90 Å². The molecule has 19 heavy (non-hydrogen) atoms. The van der Waals surface area contributed by atoms with Crippen molar-refractivity contribution in [1.82, 2.24) is 4.90 Å². The molecule has 0 saturated carbocycles. The molecule has 2 atom stereocenters. The highest BCUT2D eigenvalue weighted by molar-refractivity contribution is 5.53. The van der Waals surface area contributed by atoms with Gasteiger partial charge < -0.3 is 14.9 Å². The minimum Gasteiger partial charge on any atom is -0.391 e. The molecule has 1 aromatic rings. The van der Waals surface area contributed by atoms with Crippen LogP contribution in [0.25, 0.3) is 0 Å². The summed E-state index contributed by atoms with van der Waals surface area (Å²) in [6.45, 7) is 1.27. The van der Waals surface area contributed by atoms with E-state index >= 15 is 0 Å². The predicted molar refractivity (Wildman–Crippen MR) is 71.4 cm³/mol. The zero-order chi connectivity index (χ0) is 14.0. The van der Waals surface area contributed by atoms with Gasteiger partial charge in [0.25, 0.3) is 0 Å². The van der Waals surface area contributed by atoms with Gasteiger partial charge in [0.05, 0.1) is 17.7 Å². The van der Waals surface area contributed by atoms with Crippen molar-refractivity contribution in [2.75, 3.05) is 32.1 Å². The summed E-state index contributed by atoms with van der Waals surface area (Å²) >= 11 is 0. The molecule has 1 aliphatic rings. The molecule has 0 amide bonds. The second kappa shape index (κ2) is 5.55. The minimum atomic E-state index is -0.418. The summed E-state index contributed by atoms with van der Waals surface area (Å²) in [5, 5.41) is 18.7. The van der Waals surface area contributed by atoms with Crippen molar-refractivity contribution in [3.05, 3.63) is 29.6 Å². The van der Waals surface area contributed by atoms with Crippen molar-refractivity contribution in [3.63, 3.8) is 0 Å². The third kappa shape index (κ3) is 3.22. The first kappa shape index (κ1) is 13.8. The standard InChI is InChI=1S/C14H18FN3O/c1-17(2)8-13-6-14(19)9-18(13)12-4-10(7-16)3-11(15)5-12/h3-5,13-14,19H,6,8-9H2,1-2H3. The summed E-state index contributed by atoms with van der Waals surface area (Å²) in [5.74, 6) is -0.418. The second-order valence-electron chi connectivity index (χ2n) is 5.27. The van der Waals surface area contributed by atoms with Gasteiger partial charge in [-0.3, -0.25) is 0 Å². The Morgan fingerprint density at radius 2 is 2.21 bits per heavy atom. The molecule has 1 N–H and O–H groups in total. The van der Waals surface area contributed by atoms with E-state index < -0.39 is 11.9 Å². The third-order valence-corrected chi connectivity index (χ3v) is 3.31. The Balaban J connectivity index is 2.28. The van der Waals surface area contributed by atoms with Crippen molar-refractivity contribution in [2.24, 2.45) is 0 Å². The molecule has 1 fully saturated rings. The van der Waals surface area contributed by atoms with Crippen LogP contribution in [0.1, 0.15) is 12.0 Å². The van der Waals surface area contributed by atoms with Gasteiger partial charge in [-0.25, -0.2) is 4.39 Å². The first-order valence-electron chi connectivity index (χ1n) is 6.29. The Kier molecular flexibility index (Phi) is 4.03. The normalized spacial score (nSPS) is 22.8. The topological polar surface area (TPSA) is 50.5 Å². The lowest BCUT2D eigenvalue weighted by Crippen LogP contribution is -2.37. The van der Waals surface area contributed by atoms with Crippen LogP contribution in [-0.4, -0.2) is 49.3 Å². The Hall–Kier alpha value is -1.64. The van der Waals surface area contributed by atoms with Crippen molar-refractivity contribution in [3.8, 4) is 6.07 Å². The number of aliphatic hydroxyl groups excluding tert-OH is 1. The maximum Gasteiger partial charge on any atom is 0.126 e. The first-order chi connectivity index (χ1) is 8.99. The highest BCUT2D eigenvalue weighted by atomic mass is 19.1. The lowest BCUT2D eigenvalue weighted by atomic mass is 10.1. The van der Waals surface area contributed by atoms with Gasteiger partial charge in [-0.05, 0) is 38.7 Å². The molecule has 0 aliphatic carbocycles. The van der Waals surface area contributed by atoms with Crippen molar-refractivity contribution in [1.29, 1.82) is 5.26 Å². The zero-order valence-electron chi connectivity index (χ0n) is 11.2. The first-order valence-corrected chi connectivity index (χ1v) is 6.29. The van der Waals surface area contributed by atoms with E-state index in [1.807, 2.05) is 30.0 Å². The van der Waals surface area contributed by atoms with Gasteiger partial charge in [-0.2, -0.15) is 5.26 Å². The van der Waals surface area contributed by atoms with Crippen molar-refractivity contribution < 1.29 is 9.50 Å². The number of β-amino-alcohol motifs (C(OH)–C–C–N with tert-alkyl or cyclic N) is 1. The number of likely N-dealkylation sites (N-methyl/N-ethyl adjacent to an activating group) is 1. The fourth-order valence-corrected chi connectivity index (χ4v) is 2.61. The average molecular weight is 263 g/mol. The van der Waals surface area contributed by atoms with Crippen LogP contribution in [0.5, 0.6) is 0 Å². The molecule has 2 unspecified atom stereocenters. The smallest absolute Gasteiger partial charge is 0.126 e. The molecular weight excluding hydrogens is 245 g/mol. The molecule has 1 aliphatic heterocycles. The van der Waals surface area contributed by atoms with Crippen LogP contribution in [0.4, 0.5) is 10.1 Å². The highest BCUT2D eigenvalue weighted by Crippen LogP contribution is 2.27. The number of benzene rings is 1. The fourth-order valence-electron chi connectivity index (χ4n) is 2.61. The summed E-state index contributed by atoms with van der Waals surface area (Å²) in [4.78, 5) is 4.02. The summed E-state index contributed by atoms with van der Waals surface area (Å²) in [5.41, 5.74) is 0.972. The van der Waals surface area contributed by atoms with E-state index in [-0.39, 0.29) is 6.04 Å². The lowest BCUT2D eigenvalue weighted by molar-refractivity contribution is 0.191. The van der Waals surface area contributed by atoms with Crippen molar-refractivity contribution in [2.45, 2.75) is 18.6 Å². The Morgan fingerprint density at radius 3 is 2.84 bits per heavy atom. The Labute approximate surface area is 112 Å². The molecule has 1 saturated heterocycles. The summed E-state index contributed by atoms with van der Waals surface area (Å²) < 4.78 is 13.5. The molecule has 1 heterocycles. The van der Waals surface area contributed by atoms with Gasteiger partial charge in [0.1, 0.15) is 5.82 Å². The van der Waals surface area contributed by atoms with E-state index in [9.17, 15) is 9.50 Å². The monoisotopic (exact) mass is 263 g/mol. The van der Waals surface area contributed by atoms with Gasteiger partial charge in [0.15, 0.2) is 0 Å². The second-order valence-corrected chi connectivity index (χ2v) is 5.27. The van der Waals surface area contributed by atoms with Gasteiger partial charge >= 0.3 is 0 Å². The lowest BCUT2D eigenvalue weighted by Gasteiger charge is -2.28.